The Bertz CT molecular complexity index is 960. The summed E-state index contributed by atoms with van der Waals surface area (Å²) in [4.78, 5) is 50.1. The van der Waals surface area contributed by atoms with Gasteiger partial charge in [-0.1, -0.05) is 34.8 Å². The Morgan fingerprint density at radius 1 is 0.893 bits per heavy atom. The minimum Gasteiger partial charge on any atom is -0.292 e. The Balaban J connectivity index is 1.96. The van der Waals surface area contributed by atoms with E-state index in [4.69, 9.17) is 34.8 Å². The number of rotatable bonds is 5. The third-order valence-electron chi connectivity index (χ3n) is 4.12. The molecule has 0 unspecified atom stereocenters. The summed E-state index contributed by atoms with van der Waals surface area (Å²) in [6.45, 7) is -0.517. The molecule has 0 aliphatic carbocycles. The highest BCUT2D eigenvalue weighted by Gasteiger charge is 2.38. The largest absolute Gasteiger partial charge is 0.292 e. The first-order valence-electron chi connectivity index (χ1n) is 8.19. The molecule has 9 heteroatoms. The zero-order chi connectivity index (χ0) is 20.4. The van der Waals surface area contributed by atoms with Crippen LogP contribution in [-0.2, 0) is 9.59 Å². The van der Waals surface area contributed by atoms with Crippen LogP contribution in [0.4, 0.5) is 0 Å². The average molecular weight is 440 g/mol. The molecule has 1 saturated heterocycles. The highest BCUT2D eigenvalue weighted by molar-refractivity contribution is 6.36. The van der Waals surface area contributed by atoms with E-state index in [1.807, 2.05) is 0 Å². The summed E-state index contributed by atoms with van der Waals surface area (Å²) in [6.07, 6.45) is -0.0712. The van der Waals surface area contributed by atoms with Gasteiger partial charge in [-0.05, 0) is 42.5 Å². The van der Waals surface area contributed by atoms with Gasteiger partial charge in [0.05, 0.1) is 10.6 Å². The molecular weight excluding hydrogens is 427 g/mol. The van der Waals surface area contributed by atoms with Crippen LogP contribution in [0.25, 0.3) is 0 Å². The fourth-order valence-corrected chi connectivity index (χ4v) is 3.35. The van der Waals surface area contributed by atoms with E-state index < -0.39 is 30.0 Å². The van der Waals surface area contributed by atoms with Gasteiger partial charge in [0.1, 0.15) is 6.54 Å². The molecule has 0 atom stereocenters. The molecule has 1 fully saturated rings. The highest BCUT2D eigenvalue weighted by atomic mass is 35.5. The minimum atomic E-state index is -0.757. The van der Waals surface area contributed by atoms with Crippen LogP contribution in [0.3, 0.4) is 0 Å². The number of ketones is 1. The standard InChI is InChI=1S/C19H13Cl3N2O4/c20-12-3-1-11(2-4-12)16(25)10-23(24-17(26)7-8-18(24)27)19(28)14-6-5-13(21)9-15(14)22/h1-6,9H,7-8,10H2. The first-order chi connectivity index (χ1) is 13.3. The van der Waals surface area contributed by atoms with Gasteiger partial charge in [-0.25, -0.2) is 5.01 Å². The monoisotopic (exact) mass is 438 g/mol. The van der Waals surface area contributed by atoms with Crippen molar-refractivity contribution in [3.05, 3.63) is 68.7 Å². The molecule has 0 bridgehead atoms. The number of imide groups is 1. The van der Waals surface area contributed by atoms with Gasteiger partial charge in [0.15, 0.2) is 5.78 Å². The van der Waals surface area contributed by atoms with E-state index in [1.54, 1.807) is 0 Å². The van der Waals surface area contributed by atoms with Crippen LogP contribution in [0.5, 0.6) is 0 Å². The van der Waals surface area contributed by atoms with Gasteiger partial charge in [0, 0.05) is 28.5 Å². The van der Waals surface area contributed by atoms with Crippen LogP contribution in [0, 0.1) is 0 Å². The molecule has 3 rings (SSSR count). The first kappa shape index (κ1) is 20.3. The molecule has 1 heterocycles. The molecule has 144 valence electrons. The number of hydrogen-bond acceptors (Lipinski definition) is 4. The number of halogens is 3. The number of benzene rings is 2. The van der Waals surface area contributed by atoms with Crippen molar-refractivity contribution in [2.75, 3.05) is 6.54 Å². The van der Waals surface area contributed by atoms with Crippen molar-refractivity contribution in [3.63, 3.8) is 0 Å². The number of carbonyl (C=O) groups excluding carboxylic acids is 4. The topological polar surface area (TPSA) is 74.8 Å². The van der Waals surface area contributed by atoms with Gasteiger partial charge in [0.25, 0.3) is 5.91 Å². The lowest BCUT2D eigenvalue weighted by Gasteiger charge is -2.29. The number of hydrazine groups is 1. The van der Waals surface area contributed by atoms with Gasteiger partial charge in [-0.2, -0.15) is 5.01 Å². The third kappa shape index (κ3) is 4.19. The molecule has 28 heavy (non-hydrogen) atoms. The Morgan fingerprint density at radius 3 is 2.04 bits per heavy atom. The smallest absolute Gasteiger partial charge is 0.274 e. The molecule has 0 spiro atoms. The summed E-state index contributed by atoms with van der Waals surface area (Å²) in [5, 5.41) is 2.34. The highest BCUT2D eigenvalue weighted by Crippen LogP contribution is 2.25. The van der Waals surface area contributed by atoms with Gasteiger partial charge < -0.3 is 0 Å². The number of Topliss-reactive ketones (excluding diaryl/α,β-unsaturated/α-hetero) is 1. The lowest BCUT2D eigenvalue weighted by Crippen LogP contribution is -2.51. The normalized spacial score (nSPS) is 13.8. The molecule has 0 aromatic heterocycles. The van der Waals surface area contributed by atoms with E-state index >= 15 is 0 Å². The molecule has 1 aliphatic rings. The van der Waals surface area contributed by atoms with Crippen LogP contribution in [-0.4, -0.2) is 40.1 Å². The minimum absolute atomic E-state index is 0.0162. The van der Waals surface area contributed by atoms with Crippen molar-refractivity contribution in [1.82, 2.24) is 10.0 Å². The predicted molar refractivity (Wildman–Crippen MR) is 104 cm³/mol. The van der Waals surface area contributed by atoms with Crippen LogP contribution < -0.4 is 0 Å². The number of nitrogens with zero attached hydrogens (tertiary/aromatic N) is 2. The van der Waals surface area contributed by atoms with Crippen LogP contribution >= 0.6 is 34.8 Å². The summed E-state index contributed by atoms with van der Waals surface area (Å²) in [5.74, 6) is -2.35. The van der Waals surface area contributed by atoms with Crippen LogP contribution in [0.2, 0.25) is 15.1 Å². The molecule has 0 saturated carbocycles. The zero-order valence-corrected chi connectivity index (χ0v) is 16.6. The van der Waals surface area contributed by atoms with E-state index in [1.165, 1.54) is 42.5 Å². The quantitative estimate of drug-likeness (QED) is 0.520. The van der Waals surface area contributed by atoms with Gasteiger partial charge in [0.2, 0.25) is 11.8 Å². The van der Waals surface area contributed by atoms with Gasteiger partial charge >= 0.3 is 0 Å². The van der Waals surface area contributed by atoms with E-state index in [0.717, 1.165) is 5.01 Å². The summed E-state index contributed by atoms with van der Waals surface area (Å²) < 4.78 is 0. The second-order valence-electron chi connectivity index (χ2n) is 6.02. The van der Waals surface area contributed by atoms with Crippen molar-refractivity contribution < 1.29 is 19.2 Å². The zero-order valence-electron chi connectivity index (χ0n) is 14.3. The molecule has 0 radical (unpaired) electrons. The summed E-state index contributed by atoms with van der Waals surface area (Å²) in [5.41, 5.74) is 0.297. The molecule has 0 N–H and O–H groups in total. The Kier molecular flexibility index (Phi) is 6.03. The van der Waals surface area contributed by atoms with Crippen molar-refractivity contribution in [2.45, 2.75) is 12.8 Å². The second kappa shape index (κ2) is 8.31. The van der Waals surface area contributed by atoms with Crippen molar-refractivity contribution in [2.24, 2.45) is 0 Å². The lowest BCUT2D eigenvalue weighted by atomic mass is 10.1. The Morgan fingerprint density at radius 2 is 1.46 bits per heavy atom. The second-order valence-corrected chi connectivity index (χ2v) is 7.30. The number of amides is 3. The Hall–Kier alpha value is -2.41. The summed E-state index contributed by atoms with van der Waals surface area (Å²) >= 11 is 17.8. The average Bonchev–Trinajstić information content (AvgIpc) is 2.98. The van der Waals surface area contributed by atoms with E-state index in [-0.39, 0.29) is 29.0 Å². The fraction of sp³-hybridized carbons (Fsp3) is 0.158. The maximum atomic E-state index is 13.1. The summed E-state index contributed by atoms with van der Waals surface area (Å²) in [6, 6.07) is 10.2. The van der Waals surface area contributed by atoms with Gasteiger partial charge in [-0.3, -0.25) is 19.2 Å². The predicted octanol–water partition coefficient (Wildman–Crippen LogP) is 4.04. The first-order valence-corrected chi connectivity index (χ1v) is 9.32. The van der Waals surface area contributed by atoms with Gasteiger partial charge in [-0.15, -0.1) is 0 Å². The Labute approximate surface area is 175 Å². The molecule has 2 aromatic rings. The molecule has 6 nitrogen and oxygen atoms in total. The third-order valence-corrected chi connectivity index (χ3v) is 4.92. The number of carbonyl (C=O) groups is 4. The fourth-order valence-electron chi connectivity index (χ4n) is 2.73. The maximum absolute atomic E-state index is 13.1. The van der Waals surface area contributed by atoms with E-state index in [9.17, 15) is 19.2 Å². The van der Waals surface area contributed by atoms with E-state index in [0.29, 0.717) is 15.1 Å². The number of hydrogen-bond donors (Lipinski definition) is 0. The van der Waals surface area contributed by atoms with E-state index in [2.05, 4.69) is 0 Å². The molecule has 2 aromatic carbocycles. The molecule has 1 aliphatic heterocycles. The van der Waals surface area contributed by atoms with Crippen LogP contribution in [0.1, 0.15) is 33.6 Å². The van der Waals surface area contributed by atoms with Crippen LogP contribution in [0.15, 0.2) is 42.5 Å². The maximum Gasteiger partial charge on any atom is 0.274 e. The van der Waals surface area contributed by atoms with Crippen molar-refractivity contribution >= 4 is 58.3 Å². The lowest BCUT2D eigenvalue weighted by molar-refractivity contribution is -0.152. The SMILES string of the molecule is O=C(CN(C(=O)c1ccc(Cl)cc1Cl)N1C(=O)CCC1=O)c1ccc(Cl)cc1. The molecular formula is C19H13Cl3N2O4. The van der Waals surface area contributed by atoms with Crippen molar-refractivity contribution in [3.8, 4) is 0 Å². The molecule has 3 amide bonds. The van der Waals surface area contributed by atoms with Crippen molar-refractivity contribution in [1.29, 1.82) is 0 Å². The summed E-state index contributed by atoms with van der Waals surface area (Å²) in [7, 11) is 0.